The van der Waals surface area contributed by atoms with E-state index in [1.54, 1.807) is 12.1 Å². The smallest absolute Gasteiger partial charge is 0.419 e. The molecule has 1 N–H and O–H groups in total. The molecule has 21 heavy (non-hydrogen) atoms. The van der Waals surface area contributed by atoms with E-state index in [1.165, 1.54) is 6.07 Å². The highest BCUT2D eigenvalue weighted by molar-refractivity contribution is 5.59. The molecule has 0 amide bonds. The van der Waals surface area contributed by atoms with Crippen LogP contribution in [0.3, 0.4) is 0 Å². The number of hydrogen-bond acceptors (Lipinski definition) is 2. The highest BCUT2D eigenvalue weighted by Crippen LogP contribution is 2.34. The summed E-state index contributed by atoms with van der Waals surface area (Å²) in [5, 5.41) is 3.13. The van der Waals surface area contributed by atoms with Gasteiger partial charge in [0.2, 0.25) is 0 Å². The second-order valence-corrected chi connectivity index (χ2v) is 4.64. The zero-order valence-electron chi connectivity index (χ0n) is 11.4. The van der Waals surface area contributed by atoms with Crippen LogP contribution >= 0.6 is 0 Å². The van der Waals surface area contributed by atoms with Gasteiger partial charge in [0, 0.05) is 5.56 Å². The van der Waals surface area contributed by atoms with E-state index in [9.17, 15) is 17.6 Å². The fraction of sp³-hybridized carbons (Fsp3) is 0.333. The van der Waals surface area contributed by atoms with Crippen LogP contribution in [0.5, 0.6) is 0 Å². The van der Waals surface area contributed by atoms with Gasteiger partial charge in [-0.15, -0.1) is 0 Å². The van der Waals surface area contributed by atoms with Crippen molar-refractivity contribution in [2.45, 2.75) is 26.1 Å². The van der Waals surface area contributed by atoms with Crippen LogP contribution in [0, 0.1) is 5.82 Å². The minimum Gasteiger partial charge on any atom is -0.460 e. The molecule has 1 heterocycles. The molecule has 1 aromatic carbocycles. The summed E-state index contributed by atoms with van der Waals surface area (Å²) < 4.78 is 56.7. The molecule has 0 unspecified atom stereocenters. The number of furan rings is 1. The first kappa shape index (κ1) is 15.6. The maximum absolute atomic E-state index is 13.2. The monoisotopic (exact) mass is 301 g/mol. The van der Waals surface area contributed by atoms with Gasteiger partial charge in [0.05, 0.1) is 12.1 Å². The molecular weight excluding hydrogens is 286 g/mol. The van der Waals surface area contributed by atoms with E-state index in [0.717, 1.165) is 25.1 Å². The quantitative estimate of drug-likeness (QED) is 0.644. The van der Waals surface area contributed by atoms with Crippen LogP contribution in [0.25, 0.3) is 11.3 Å². The molecule has 2 rings (SSSR count). The lowest BCUT2D eigenvalue weighted by molar-refractivity contribution is -0.139. The highest BCUT2D eigenvalue weighted by Gasteiger charge is 2.34. The molecule has 0 fully saturated rings. The maximum Gasteiger partial charge on any atom is 0.419 e. The van der Waals surface area contributed by atoms with Crippen molar-refractivity contribution in [3.8, 4) is 11.3 Å². The fourth-order valence-corrected chi connectivity index (χ4v) is 1.91. The average molecular weight is 301 g/mol. The van der Waals surface area contributed by atoms with Crippen molar-refractivity contribution in [3.63, 3.8) is 0 Å². The largest absolute Gasteiger partial charge is 0.460 e. The van der Waals surface area contributed by atoms with E-state index in [2.05, 4.69) is 5.32 Å². The Kier molecular flexibility index (Phi) is 4.67. The van der Waals surface area contributed by atoms with Crippen molar-refractivity contribution < 1.29 is 22.0 Å². The summed E-state index contributed by atoms with van der Waals surface area (Å²) in [7, 11) is 0. The molecule has 2 nitrogen and oxygen atoms in total. The van der Waals surface area contributed by atoms with Crippen LogP contribution in [-0.4, -0.2) is 6.54 Å². The molecule has 0 aliphatic heterocycles. The van der Waals surface area contributed by atoms with Gasteiger partial charge >= 0.3 is 6.18 Å². The minimum atomic E-state index is -4.72. The van der Waals surface area contributed by atoms with E-state index >= 15 is 0 Å². The summed E-state index contributed by atoms with van der Waals surface area (Å²) in [6.07, 6.45) is -3.75. The van der Waals surface area contributed by atoms with E-state index in [-0.39, 0.29) is 11.3 Å². The Bertz CT molecular complexity index is 604. The third kappa shape index (κ3) is 3.85. The van der Waals surface area contributed by atoms with E-state index < -0.39 is 17.6 Å². The Labute approximate surface area is 119 Å². The normalized spacial score (nSPS) is 11.9. The Morgan fingerprint density at radius 1 is 1.14 bits per heavy atom. The zero-order valence-corrected chi connectivity index (χ0v) is 11.4. The first-order valence-corrected chi connectivity index (χ1v) is 6.58. The Morgan fingerprint density at radius 3 is 2.57 bits per heavy atom. The molecule has 0 aliphatic rings. The molecule has 0 saturated carbocycles. The number of rotatable bonds is 5. The van der Waals surface area contributed by atoms with Crippen LogP contribution in [0.2, 0.25) is 0 Å². The molecular formula is C15H15F4NO. The Hall–Kier alpha value is -1.82. The van der Waals surface area contributed by atoms with Gasteiger partial charge in [0.15, 0.2) is 0 Å². The predicted octanol–water partition coefficient (Wildman–Crippen LogP) is 4.60. The molecule has 0 aliphatic carbocycles. The third-order valence-electron chi connectivity index (χ3n) is 2.94. The van der Waals surface area contributed by atoms with E-state index in [0.29, 0.717) is 12.3 Å². The van der Waals surface area contributed by atoms with Gasteiger partial charge in [0.25, 0.3) is 0 Å². The van der Waals surface area contributed by atoms with Crippen molar-refractivity contribution in [1.29, 1.82) is 0 Å². The van der Waals surface area contributed by atoms with Gasteiger partial charge < -0.3 is 9.73 Å². The first-order valence-electron chi connectivity index (χ1n) is 6.58. The summed E-state index contributed by atoms with van der Waals surface area (Å²) in [4.78, 5) is 0. The lowest BCUT2D eigenvalue weighted by atomic mass is 10.1. The number of benzene rings is 1. The Balaban J connectivity index is 2.22. The second-order valence-electron chi connectivity index (χ2n) is 4.64. The third-order valence-corrected chi connectivity index (χ3v) is 2.94. The molecule has 0 atom stereocenters. The van der Waals surface area contributed by atoms with Crippen LogP contribution in [0.15, 0.2) is 34.7 Å². The van der Waals surface area contributed by atoms with Crippen LogP contribution in [0.4, 0.5) is 17.6 Å². The Morgan fingerprint density at radius 2 is 1.90 bits per heavy atom. The molecule has 1 aromatic heterocycles. The topological polar surface area (TPSA) is 25.2 Å². The van der Waals surface area contributed by atoms with Crippen molar-refractivity contribution in [3.05, 3.63) is 47.5 Å². The molecule has 0 spiro atoms. The van der Waals surface area contributed by atoms with Gasteiger partial charge in [-0.3, -0.25) is 0 Å². The fourth-order valence-electron chi connectivity index (χ4n) is 1.91. The number of halogens is 4. The maximum atomic E-state index is 13.2. The van der Waals surface area contributed by atoms with Crippen LogP contribution in [0.1, 0.15) is 24.7 Å². The average Bonchev–Trinajstić information content (AvgIpc) is 2.87. The van der Waals surface area contributed by atoms with Crippen LogP contribution in [-0.2, 0) is 12.7 Å². The molecule has 0 saturated heterocycles. The van der Waals surface area contributed by atoms with E-state index in [4.69, 9.17) is 4.42 Å². The number of hydrogen-bond donors (Lipinski definition) is 1. The predicted molar refractivity (Wildman–Crippen MR) is 71.1 cm³/mol. The van der Waals surface area contributed by atoms with Gasteiger partial charge in [-0.25, -0.2) is 4.39 Å². The standard InChI is InChI=1S/C15H15F4NO/c1-2-7-20-9-11-4-6-14(21-11)10-3-5-13(16)12(8-10)15(17,18)19/h3-6,8,20H,2,7,9H2,1H3. The summed E-state index contributed by atoms with van der Waals surface area (Å²) in [6, 6.07) is 6.10. The zero-order chi connectivity index (χ0) is 15.5. The molecule has 0 bridgehead atoms. The van der Waals surface area contributed by atoms with Crippen molar-refractivity contribution in [2.75, 3.05) is 6.54 Å². The molecule has 6 heteroatoms. The lowest BCUT2D eigenvalue weighted by Gasteiger charge is -2.09. The van der Waals surface area contributed by atoms with Crippen molar-refractivity contribution >= 4 is 0 Å². The second kappa shape index (κ2) is 6.30. The number of alkyl halides is 3. The van der Waals surface area contributed by atoms with Gasteiger partial charge in [-0.1, -0.05) is 6.92 Å². The molecule has 0 radical (unpaired) electrons. The van der Waals surface area contributed by atoms with Gasteiger partial charge in [0.1, 0.15) is 17.3 Å². The summed E-state index contributed by atoms with van der Waals surface area (Å²) in [6.45, 7) is 3.35. The first-order chi connectivity index (χ1) is 9.91. The lowest BCUT2D eigenvalue weighted by Crippen LogP contribution is -2.12. The van der Waals surface area contributed by atoms with Gasteiger partial charge in [-0.2, -0.15) is 13.2 Å². The summed E-state index contributed by atoms with van der Waals surface area (Å²) in [5.74, 6) is -0.382. The summed E-state index contributed by atoms with van der Waals surface area (Å²) in [5.41, 5.74) is -1.09. The molecule has 2 aromatic rings. The van der Waals surface area contributed by atoms with E-state index in [1.807, 2.05) is 6.92 Å². The highest BCUT2D eigenvalue weighted by atomic mass is 19.4. The summed E-state index contributed by atoms with van der Waals surface area (Å²) >= 11 is 0. The van der Waals surface area contributed by atoms with Gasteiger partial charge in [-0.05, 0) is 43.3 Å². The van der Waals surface area contributed by atoms with Crippen molar-refractivity contribution in [1.82, 2.24) is 5.32 Å². The van der Waals surface area contributed by atoms with Crippen LogP contribution < -0.4 is 5.32 Å². The number of nitrogens with one attached hydrogen (secondary N) is 1. The SMILES string of the molecule is CCCNCc1ccc(-c2ccc(F)c(C(F)(F)F)c2)o1. The van der Waals surface area contributed by atoms with Crippen molar-refractivity contribution in [2.24, 2.45) is 0 Å². The molecule has 114 valence electrons. The minimum absolute atomic E-state index is 0.200.